The van der Waals surface area contributed by atoms with Crippen molar-refractivity contribution in [2.45, 2.75) is 32.2 Å². The lowest BCUT2D eigenvalue weighted by Crippen LogP contribution is -2.33. The zero-order chi connectivity index (χ0) is 14.8. The molecule has 0 saturated carbocycles. The lowest BCUT2D eigenvalue weighted by molar-refractivity contribution is 0.0695. The SMILES string of the molecule is CCC(c1ccco1)N1CCCc2c(C(=O)O)cccc21. The molecule has 0 amide bonds. The van der Waals surface area contributed by atoms with Gasteiger partial charge >= 0.3 is 5.97 Å². The van der Waals surface area contributed by atoms with Crippen LogP contribution in [-0.2, 0) is 6.42 Å². The normalized spacial score (nSPS) is 15.6. The standard InChI is InChI=1S/C17H19NO3/c1-2-14(16-9-5-11-21-16)18-10-4-7-12-13(17(19)20)6-3-8-15(12)18/h3,5-6,8-9,11,14H,2,4,7,10H2,1H3,(H,19,20). The van der Waals surface area contributed by atoms with E-state index >= 15 is 0 Å². The molecule has 0 fully saturated rings. The molecule has 1 N–H and O–H groups in total. The van der Waals surface area contributed by atoms with Gasteiger partial charge < -0.3 is 14.4 Å². The Kier molecular flexibility index (Phi) is 3.69. The number of furan rings is 1. The van der Waals surface area contributed by atoms with Crippen molar-refractivity contribution in [1.82, 2.24) is 0 Å². The fraction of sp³-hybridized carbons (Fsp3) is 0.353. The van der Waals surface area contributed by atoms with Gasteiger partial charge in [-0.15, -0.1) is 0 Å². The van der Waals surface area contributed by atoms with Gasteiger partial charge in [0.1, 0.15) is 5.76 Å². The van der Waals surface area contributed by atoms with Crippen molar-refractivity contribution in [2.75, 3.05) is 11.4 Å². The highest BCUT2D eigenvalue weighted by Gasteiger charge is 2.28. The molecule has 0 spiro atoms. The van der Waals surface area contributed by atoms with Gasteiger partial charge in [-0.25, -0.2) is 4.79 Å². The molecule has 21 heavy (non-hydrogen) atoms. The molecule has 0 aliphatic carbocycles. The number of anilines is 1. The van der Waals surface area contributed by atoms with Crippen LogP contribution >= 0.6 is 0 Å². The Morgan fingerprint density at radius 1 is 1.38 bits per heavy atom. The summed E-state index contributed by atoms with van der Waals surface area (Å²) in [5.41, 5.74) is 2.40. The largest absolute Gasteiger partial charge is 0.478 e. The number of aromatic carboxylic acids is 1. The van der Waals surface area contributed by atoms with E-state index in [-0.39, 0.29) is 6.04 Å². The highest BCUT2D eigenvalue weighted by Crippen LogP contribution is 2.37. The van der Waals surface area contributed by atoms with Gasteiger partial charge in [0.05, 0.1) is 17.9 Å². The first kappa shape index (κ1) is 13.7. The zero-order valence-corrected chi connectivity index (χ0v) is 12.1. The molecule has 0 bridgehead atoms. The lowest BCUT2D eigenvalue weighted by atomic mass is 9.94. The summed E-state index contributed by atoms with van der Waals surface area (Å²) in [5, 5.41) is 9.37. The van der Waals surface area contributed by atoms with E-state index in [1.54, 1.807) is 12.3 Å². The van der Waals surface area contributed by atoms with Crippen molar-refractivity contribution in [3.63, 3.8) is 0 Å². The third-order valence-electron chi connectivity index (χ3n) is 4.15. The second-order valence-corrected chi connectivity index (χ2v) is 5.34. The van der Waals surface area contributed by atoms with Crippen LogP contribution in [0.15, 0.2) is 41.0 Å². The van der Waals surface area contributed by atoms with Crippen molar-refractivity contribution >= 4 is 11.7 Å². The molecule has 1 atom stereocenters. The summed E-state index contributed by atoms with van der Waals surface area (Å²) in [6.45, 7) is 3.05. The quantitative estimate of drug-likeness (QED) is 0.926. The molecule has 3 rings (SSSR count). The zero-order valence-electron chi connectivity index (χ0n) is 12.1. The van der Waals surface area contributed by atoms with Crippen LogP contribution in [0.25, 0.3) is 0 Å². The molecule has 0 radical (unpaired) electrons. The molecule has 2 heterocycles. The molecule has 1 aliphatic rings. The van der Waals surface area contributed by atoms with Crippen LogP contribution in [0.2, 0.25) is 0 Å². The summed E-state index contributed by atoms with van der Waals surface area (Å²) >= 11 is 0. The van der Waals surface area contributed by atoms with E-state index in [0.29, 0.717) is 5.56 Å². The maximum Gasteiger partial charge on any atom is 0.336 e. The molecule has 1 aliphatic heterocycles. The second kappa shape index (κ2) is 5.64. The van der Waals surface area contributed by atoms with Gasteiger partial charge in [0.25, 0.3) is 0 Å². The topological polar surface area (TPSA) is 53.7 Å². The van der Waals surface area contributed by atoms with Gasteiger partial charge in [0.15, 0.2) is 0 Å². The van der Waals surface area contributed by atoms with Crippen LogP contribution in [-0.4, -0.2) is 17.6 Å². The van der Waals surface area contributed by atoms with E-state index in [0.717, 1.165) is 42.8 Å². The molecule has 4 nitrogen and oxygen atoms in total. The van der Waals surface area contributed by atoms with Crippen LogP contribution in [0.5, 0.6) is 0 Å². The van der Waals surface area contributed by atoms with Crippen molar-refractivity contribution in [1.29, 1.82) is 0 Å². The van der Waals surface area contributed by atoms with Gasteiger partial charge in [0.2, 0.25) is 0 Å². The number of hydrogen-bond acceptors (Lipinski definition) is 3. The third-order valence-corrected chi connectivity index (χ3v) is 4.15. The molecule has 110 valence electrons. The second-order valence-electron chi connectivity index (χ2n) is 5.34. The van der Waals surface area contributed by atoms with Crippen molar-refractivity contribution in [3.8, 4) is 0 Å². The maximum atomic E-state index is 11.4. The van der Waals surface area contributed by atoms with Gasteiger partial charge in [0, 0.05) is 12.2 Å². The number of hydrogen-bond donors (Lipinski definition) is 1. The Labute approximate surface area is 124 Å². The first-order valence-electron chi connectivity index (χ1n) is 7.37. The molecular formula is C17H19NO3. The minimum absolute atomic E-state index is 0.156. The smallest absolute Gasteiger partial charge is 0.336 e. The van der Waals surface area contributed by atoms with E-state index in [2.05, 4.69) is 11.8 Å². The van der Waals surface area contributed by atoms with E-state index < -0.39 is 5.97 Å². The first-order chi connectivity index (χ1) is 10.2. The van der Waals surface area contributed by atoms with E-state index in [1.165, 1.54) is 0 Å². The van der Waals surface area contributed by atoms with Gasteiger partial charge in [-0.2, -0.15) is 0 Å². The van der Waals surface area contributed by atoms with Crippen molar-refractivity contribution in [2.24, 2.45) is 0 Å². The van der Waals surface area contributed by atoms with E-state index in [9.17, 15) is 9.90 Å². The monoisotopic (exact) mass is 285 g/mol. The number of carboxylic acid groups (broad SMARTS) is 1. The summed E-state index contributed by atoms with van der Waals surface area (Å²) in [4.78, 5) is 13.7. The Hall–Kier alpha value is -2.23. The van der Waals surface area contributed by atoms with Crippen LogP contribution in [0, 0.1) is 0 Å². The molecule has 1 aromatic heterocycles. The third kappa shape index (κ3) is 2.42. The average Bonchev–Trinajstić information content (AvgIpc) is 3.01. The molecule has 1 aromatic carbocycles. The van der Waals surface area contributed by atoms with Crippen molar-refractivity contribution < 1.29 is 14.3 Å². The number of benzene rings is 1. The number of rotatable bonds is 4. The maximum absolute atomic E-state index is 11.4. The fourth-order valence-corrected chi connectivity index (χ4v) is 3.23. The minimum atomic E-state index is -0.847. The summed E-state index contributed by atoms with van der Waals surface area (Å²) < 4.78 is 5.57. The average molecular weight is 285 g/mol. The van der Waals surface area contributed by atoms with Crippen LogP contribution in [0.3, 0.4) is 0 Å². The predicted molar refractivity (Wildman–Crippen MR) is 80.8 cm³/mol. The predicted octanol–water partition coefficient (Wildman–Crippen LogP) is 3.88. The fourth-order valence-electron chi connectivity index (χ4n) is 3.23. The summed E-state index contributed by atoms with van der Waals surface area (Å²) in [6, 6.07) is 9.59. The Morgan fingerprint density at radius 2 is 2.24 bits per heavy atom. The van der Waals surface area contributed by atoms with Gasteiger partial charge in [-0.05, 0) is 49.1 Å². The van der Waals surface area contributed by atoms with E-state index in [4.69, 9.17) is 4.42 Å². The first-order valence-corrected chi connectivity index (χ1v) is 7.37. The van der Waals surface area contributed by atoms with Crippen LogP contribution in [0.1, 0.15) is 47.5 Å². The molecule has 1 unspecified atom stereocenters. The molecule has 0 saturated heterocycles. The molecule has 4 heteroatoms. The number of nitrogens with zero attached hydrogens (tertiary/aromatic N) is 1. The van der Waals surface area contributed by atoms with Gasteiger partial charge in [-0.3, -0.25) is 0 Å². The summed E-state index contributed by atoms with van der Waals surface area (Å²) in [5.74, 6) is 0.0887. The molecular weight excluding hydrogens is 266 g/mol. The van der Waals surface area contributed by atoms with Gasteiger partial charge in [-0.1, -0.05) is 13.0 Å². The lowest BCUT2D eigenvalue weighted by Gasteiger charge is -2.37. The number of carboxylic acids is 1. The summed E-state index contributed by atoms with van der Waals surface area (Å²) in [6.07, 6.45) is 4.40. The Balaban J connectivity index is 2.04. The number of carbonyl (C=O) groups is 1. The highest BCUT2D eigenvalue weighted by atomic mass is 16.4. The Bertz CT molecular complexity index is 633. The van der Waals surface area contributed by atoms with Crippen LogP contribution in [0.4, 0.5) is 5.69 Å². The number of fused-ring (bicyclic) bond motifs is 1. The van der Waals surface area contributed by atoms with E-state index in [1.807, 2.05) is 24.3 Å². The molecule has 2 aromatic rings. The highest BCUT2D eigenvalue weighted by molar-refractivity contribution is 5.91. The van der Waals surface area contributed by atoms with Crippen LogP contribution < -0.4 is 4.90 Å². The Morgan fingerprint density at radius 3 is 2.90 bits per heavy atom. The van der Waals surface area contributed by atoms with Crippen molar-refractivity contribution in [3.05, 3.63) is 53.5 Å². The minimum Gasteiger partial charge on any atom is -0.478 e. The summed E-state index contributed by atoms with van der Waals surface area (Å²) in [7, 11) is 0.